The first-order valence-electron chi connectivity index (χ1n) is 9.30. The number of aromatic nitrogens is 1. The molecule has 32 heavy (non-hydrogen) atoms. The maximum atomic E-state index is 13.2. The largest absolute Gasteiger partial charge is 0.417 e. The van der Waals surface area contributed by atoms with Crippen LogP contribution in [0.2, 0.25) is 0 Å². The van der Waals surface area contributed by atoms with E-state index in [-0.39, 0.29) is 18.8 Å². The second-order valence-corrected chi connectivity index (χ2v) is 10.5. The number of nitrogens with zero attached hydrogens (tertiary/aromatic N) is 2. The lowest BCUT2D eigenvalue weighted by Crippen LogP contribution is -2.41. The summed E-state index contributed by atoms with van der Waals surface area (Å²) < 4.78 is 102. The van der Waals surface area contributed by atoms with Gasteiger partial charge in [-0.25, -0.2) is 13.4 Å². The molecule has 0 N–H and O–H groups in total. The lowest BCUT2D eigenvalue weighted by Gasteiger charge is -2.31. The molecule has 1 fully saturated rings. The standard InChI is InChI=1S/C20H18F6N2O3S/c1-18(2,32(30,31)15-5-3-4-12(8-15)19(21,22)23)14-9-17(29)28(11-14)16-7-6-13(10-27-16)20(24,25)26/h3-8,10,14H,9,11H2,1-2H3/t14-/m0/s1. The van der Waals surface area contributed by atoms with Crippen LogP contribution >= 0.6 is 0 Å². The van der Waals surface area contributed by atoms with Crippen molar-refractivity contribution in [2.24, 2.45) is 5.92 Å². The molecule has 0 bridgehead atoms. The summed E-state index contributed by atoms with van der Waals surface area (Å²) in [6.45, 7) is 2.46. The quantitative estimate of drug-likeness (QED) is 0.594. The Morgan fingerprint density at radius 1 is 0.969 bits per heavy atom. The van der Waals surface area contributed by atoms with Crippen molar-refractivity contribution in [1.82, 2.24) is 4.98 Å². The van der Waals surface area contributed by atoms with E-state index >= 15 is 0 Å². The van der Waals surface area contributed by atoms with E-state index in [9.17, 15) is 39.6 Å². The van der Waals surface area contributed by atoms with Gasteiger partial charge in [-0.3, -0.25) is 9.69 Å². The third-order valence-corrected chi connectivity index (χ3v) is 8.22. The van der Waals surface area contributed by atoms with Crippen LogP contribution in [0.5, 0.6) is 0 Å². The van der Waals surface area contributed by atoms with Crippen molar-refractivity contribution in [3.63, 3.8) is 0 Å². The average molecular weight is 480 g/mol. The summed E-state index contributed by atoms with van der Waals surface area (Å²) in [7, 11) is -4.31. The fraction of sp³-hybridized carbons (Fsp3) is 0.400. The maximum absolute atomic E-state index is 13.2. The molecule has 1 amide bonds. The van der Waals surface area contributed by atoms with Crippen LogP contribution in [0.15, 0.2) is 47.5 Å². The minimum atomic E-state index is -4.73. The van der Waals surface area contributed by atoms with Gasteiger partial charge in [-0.15, -0.1) is 0 Å². The number of benzene rings is 1. The summed E-state index contributed by atoms with van der Waals surface area (Å²) in [5.41, 5.74) is -2.12. The number of carbonyl (C=O) groups is 1. The van der Waals surface area contributed by atoms with Gasteiger partial charge in [-0.1, -0.05) is 6.07 Å². The zero-order valence-corrected chi connectivity index (χ0v) is 17.6. The van der Waals surface area contributed by atoms with Crippen molar-refractivity contribution in [3.05, 3.63) is 53.7 Å². The topological polar surface area (TPSA) is 67.3 Å². The fourth-order valence-corrected chi connectivity index (χ4v) is 5.21. The average Bonchev–Trinajstić information content (AvgIpc) is 3.09. The highest BCUT2D eigenvalue weighted by molar-refractivity contribution is 7.92. The van der Waals surface area contributed by atoms with Crippen LogP contribution < -0.4 is 4.90 Å². The van der Waals surface area contributed by atoms with Crippen LogP contribution in [0.25, 0.3) is 0 Å². The highest BCUT2D eigenvalue weighted by atomic mass is 32.2. The van der Waals surface area contributed by atoms with E-state index in [1.165, 1.54) is 13.8 Å². The second-order valence-electron chi connectivity index (χ2n) is 7.94. The molecule has 5 nitrogen and oxygen atoms in total. The molecule has 1 atom stereocenters. The number of sulfone groups is 1. The molecule has 12 heteroatoms. The van der Waals surface area contributed by atoms with Crippen molar-refractivity contribution < 1.29 is 39.6 Å². The predicted molar refractivity (Wildman–Crippen MR) is 102 cm³/mol. The summed E-state index contributed by atoms with van der Waals surface area (Å²) in [6, 6.07) is 5.11. The van der Waals surface area contributed by atoms with Crippen LogP contribution in [0, 0.1) is 5.92 Å². The van der Waals surface area contributed by atoms with E-state index in [0.717, 1.165) is 35.2 Å². The van der Waals surface area contributed by atoms with Gasteiger partial charge in [-0.2, -0.15) is 26.3 Å². The molecular formula is C20H18F6N2O3S. The summed E-state index contributed by atoms with van der Waals surface area (Å²) in [4.78, 5) is 16.7. The molecule has 1 aliphatic rings. The van der Waals surface area contributed by atoms with Crippen LogP contribution in [0.3, 0.4) is 0 Å². The number of halogens is 6. The van der Waals surface area contributed by atoms with E-state index in [1.54, 1.807) is 0 Å². The van der Waals surface area contributed by atoms with Gasteiger partial charge in [0.15, 0.2) is 9.84 Å². The van der Waals surface area contributed by atoms with E-state index < -0.39 is 54.8 Å². The third-order valence-electron chi connectivity index (χ3n) is 5.62. The lowest BCUT2D eigenvalue weighted by atomic mass is 9.94. The molecule has 1 saturated heterocycles. The van der Waals surface area contributed by atoms with Crippen LogP contribution in [0.4, 0.5) is 32.2 Å². The molecule has 2 heterocycles. The Labute approximate surface area is 180 Å². The number of alkyl halides is 6. The summed E-state index contributed by atoms with van der Waals surface area (Å²) >= 11 is 0. The van der Waals surface area contributed by atoms with E-state index in [4.69, 9.17) is 0 Å². The Hall–Kier alpha value is -2.63. The second kappa shape index (κ2) is 7.75. The SMILES string of the molecule is CC(C)([C@H]1CC(=O)N(c2ccc(C(F)(F)F)cn2)C1)S(=O)(=O)c1cccc(C(F)(F)F)c1. The molecule has 1 aliphatic heterocycles. The van der Waals surface area contributed by atoms with Crippen LogP contribution in [-0.4, -0.2) is 30.6 Å². The molecule has 3 rings (SSSR count). The molecule has 0 aliphatic carbocycles. The fourth-order valence-electron chi connectivity index (χ4n) is 3.47. The number of hydrogen-bond donors (Lipinski definition) is 0. The minimum absolute atomic E-state index is 0.0715. The first-order valence-corrected chi connectivity index (χ1v) is 10.8. The van der Waals surface area contributed by atoms with Gasteiger partial charge in [0.25, 0.3) is 0 Å². The van der Waals surface area contributed by atoms with Gasteiger partial charge in [-0.05, 0) is 44.2 Å². The maximum Gasteiger partial charge on any atom is 0.417 e. The monoisotopic (exact) mass is 480 g/mol. The van der Waals surface area contributed by atoms with Crippen LogP contribution in [-0.2, 0) is 27.0 Å². The lowest BCUT2D eigenvalue weighted by molar-refractivity contribution is -0.138. The molecular weight excluding hydrogens is 462 g/mol. The summed E-state index contributed by atoms with van der Waals surface area (Å²) in [5.74, 6) is -1.45. The molecule has 0 spiro atoms. The molecule has 1 aromatic carbocycles. The Kier molecular flexibility index (Phi) is 5.82. The van der Waals surface area contributed by atoms with Crippen LogP contribution in [0.1, 0.15) is 31.4 Å². The molecule has 0 saturated carbocycles. The van der Waals surface area contributed by atoms with E-state index in [1.807, 2.05) is 0 Å². The Morgan fingerprint density at radius 3 is 2.12 bits per heavy atom. The van der Waals surface area contributed by atoms with Crippen molar-refractivity contribution in [1.29, 1.82) is 0 Å². The Bertz CT molecular complexity index is 1130. The highest BCUT2D eigenvalue weighted by Crippen LogP contribution is 2.40. The van der Waals surface area contributed by atoms with Gasteiger partial charge < -0.3 is 0 Å². The third kappa shape index (κ3) is 4.32. The van der Waals surface area contributed by atoms with Gasteiger partial charge in [0.05, 0.1) is 20.8 Å². The van der Waals surface area contributed by atoms with E-state index in [2.05, 4.69) is 4.98 Å². The predicted octanol–water partition coefficient (Wildman–Crippen LogP) is 4.72. The Morgan fingerprint density at radius 2 is 1.59 bits per heavy atom. The molecule has 0 radical (unpaired) electrons. The Balaban J connectivity index is 1.89. The smallest absolute Gasteiger partial charge is 0.296 e. The van der Waals surface area contributed by atoms with E-state index in [0.29, 0.717) is 12.3 Å². The zero-order valence-electron chi connectivity index (χ0n) is 16.8. The first kappa shape index (κ1) is 24.0. The van der Waals surface area contributed by atoms with Gasteiger partial charge in [0.2, 0.25) is 5.91 Å². The summed E-state index contributed by atoms with van der Waals surface area (Å²) in [5, 5.41) is 0. The van der Waals surface area contributed by atoms with Gasteiger partial charge in [0.1, 0.15) is 5.82 Å². The molecule has 1 aromatic heterocycles. The number of pyridine rings is 1. The van der Waals surface area contributed by atoms with Crippen molar-refractivity contribution in [3.8, 4) is 0 Å². The number of amides is 1. The van der Waals surface area contributed by atoms with Crippen molar-refractivity contribution in [2.45, 2.75) is 42.3 Å². The molecule has 2 aromatic rings. The van der Waals surface area contributed by atoms with Crippen molar-refractivity contribution >= 4 is 21.6 Å². The highest BCUT2D eigenvalue weighted by Gasteiger charge is 2.49. The van der Waals surface area contributed by atoms with Crippen molar-refractivity contribution in [2.75, 3.05) is 11.4 Å². The number of hydrogen-bond acceptors (Lipinski definition) is 4. The first-order chi connectivity index (χ1) is 14.5. The zero-order chi connectivity index (χ0) is 24.1. The minimum Gasteiger partial charge on any atom is -0.296 e. The number of anilines is 1. The summed E-state index contributed by atoms with van der Waals surface area (Å²) in [6.07, 6.45) is -9.03. The number of rotatable bonds is 4. The van der Waals surface area contributed by atoms with Gasteiger partial charge in [0, 0.05) is 25.1 Å². The molecule has 174 valence electrons. The number of carbonyl (C=O) groups excluding carboxylic acids is 1. The molecule has 0 unspecified atom stereocenters. The normalized spacial score (nSPS) is 18.3. The van der Waals surface area contributed by atoms with Gasteiger partial charge >= 0.3 is 12.4 Å².